The van der Waals surface area contributed by atoms with Gasteiger partial charge in [0.2, 0.25) is 0 Å². The Bertz CT molecular complexity index is 1070. The van der Waals surface area contributed by atoms with Crippen LogP contribution in [0.2, 0.25) is 0 Å². The Labute approximate surface area is 199 Å². The predicted molar refractivity (Wildman–Crippen MR) is 132 cm³/mol. The Morgan fingerprint density at radius 2 is 1.94 bits per heavy atom. The fourth-order valence-corrected chi connectivity index (χ4v) is 4.88. The minimum absolute atomic E-state index is 0.0827. The van der Waals surface area contributed by atoms with Crippen molar-refractivity contribution in [3.63, 3.8) is 0 Å². The fraction of sp³-hybridized carbons (Fsp3) is 0.520. The maximum Gasteiger partial charge on any atom is 0.305 e. The highest BCUT2D eigenvalue weighted by Crippen LogP contribution is 2.28. The topological polar surface area (TPSA) is 97.1 Å². The molecular weight excluding hydrogens is 436 g/mol. The fourth-order valence-electron chi connectivity index (χ4n) is 4.29. The molecule has 8 heteroatoms. The number of aromatic nitrogens is 3. The number of fused-ring (bicyclic) bond motifs is 1. The van der Waals surface area contributed by atoms with E-state index in [0.29, 0.717) is 30.4 Å². The number of nitrogens with zero attached hydrogens (tertiary/aromatic N) is 3. The summed E-state index contributed by atoms with van der Waals surface area (Å²) in [5.74, 6) is 0.145. The lowest BCUT2D eigenvalue weighted by Gasteiger charge is -2.20. The van der Waals surface area contributed by atoms with Crippen LogP contribution in [0.5, 0.6) is 0 Å². The molecule has 0 bridgehead atoms. The Morgan fingerprint density at radius 3 is 2.55 bits per heavy atom. The first kappa shape index (κ1) is 24.9. The summed E-state index contributed by atoms with van der Waals surface area (Å²) in [5.41, 5.74) is 4.13. The van der Waals surface area contributed by atoms with Gasteiger partial charge in [-0.05, 0) is 43.4 Å². The van der Waals surface area contributed by atoms with E-state index in [2.05, 4.69) is 42.6 Å². The zero-order chi connectivity index (χ0) is 24.0. The Morgan fingerprint density at radius 1 is 1.18 bits per heavy atom. The van der Waals surface area contributed by atoms with Crippen LogP contribution in [-0.2, 0) is 11.2 Å². The summed E-state index contributed by atoms with van der Waals surface area (Å²) in [4.78, 5) is 34.5. The van der Waals surface area contributed by atoms with Crippen LogP contribution in [0.15, 0.2) is 29.9 Å². The number of thiazole rings is 1. The monoisotopic (exact) mass is 470 g/mol. The lowest BCUT2D eigenvalue weighted by molar-refractivity contribution is -0.137. The molecule has 0 aliphatic rings. The van der Waals surface area contributed by atoms with Crippen molar-refractivity contribution in [2.75, 3.05) is 0 Å². The van der Waals surface area contributed by atoms with Gasteiger partial charge in [-0.15, -0.1) is 11.3 Å². The second-order valence-corrected chi connectivity index (χ2v) is 9.70. The van der Waals surface area contributed by atoms with Crippen molar-refractivity contribution in [3.05, 3.63) is 46.2 Å². The molecule has 2 N–H and O–H groups in total. The van der Waals surface area contributed by atoms with E-state index in [1.165, 1.54) is 0 Å². The van der Waals surface area contributed by atoms with Crippen LogP contribution < -0.4 is 5.32 Å². The average Bonchev–Trinajstić information content (AvgIpc) is 3.42. The number of amides is 1. The van der Waals surface area contributed by atoms with E-state index in [1.807, 2.05) is 29.9 Å². The quantitative estimate of drug-likeness (QED) is 0.367. The Balaban J connectivity index is 1.91. The molecule has 2 heterocycles. The highest BCUT2D eigenvalue weighted by atomic mass is 32.1. The van der Waals surface area contributed by atoms with Crippen LogP contribution in [0.3, 0.4) is 0 Å². The van der Waals surface area contributed by atoms with Gasteiger partial charge in [0.15, 0.2) is 0 Å². The number of nitrogens with one attached hydrogen (secondary N) is 1. The molecule has 2 atom stereocenters. The first-order valence-electron chi connectivity index (χ1n) is 11.8. The SMILES string of the molecule is CCC(C)C[C@@H](CC(=O)O)NC(=O)c1ccc2c(c1)nc(Cc1cncs1)n2C(CC)CC. The molecule has 0 saturated carbocycles. The smallest absolute Gasteiger partial charge is 0.305 e. The summed E-state index contributed by atoms with van der Waals surface area (Å²) in [7, 11) is 0. The van der Waals surface area contributed by atoms with Gasteiger partial charge in [0.05, 0.1) is 23.0 Å². The Kier molecular flexibility index (Phi) is 8.61. The van der Waals surface area contributed by atoms with Gasteiger partial charge >= 0.3 is 5.97 Å². The maximum atomic E-state index is 13.0. The number of hydrogen-bond acceptors (Lipinski definition) is 5. The van der Waals surface area contributed by atoms with Gasteiger partial charge in [-0.1, -0.05) is 34.1 Å². The molecule has 178 valence electrons. The van der Waals surface area contributed by atoms with Crippen LogP contribution >= 0.6 is 11.3 Å². The molecule has 0 aliphatic carbocycles. The summed E-state index contributed by atoms with van der Waals surface area (Å²) >= 11 is 1.61. The summed E-state index contributed by atoms with van der Waals surface area (Å²) in [6.45, 7) is 8.50. The van der Waals surface area contributed by atoms with Gasteiger partial charge in [0.25, 0.3) is 5.91 Å². The van der Waals surface area contributed by atoms with Gasteiger partial charge in [-0.25, -0.2) is 4.98 Å². The van der Waals surface area contributed by atoms with E-state index >= 15 is 0 Å². The lowest BCUT2D eigenvalue weighted by atomic mass is 9.97. The van der Waals surface area contributed by atoms with Crippen molar-refractivity contribution in [2.24, 2.45) is 5.92 Å². The molecule has 2 aromatic heterocycles. The standard InChI is InChI=1S/C25H34N4O3S/c1-5-16(4)10-18(12-24(30)31)27-25(32)17-8-9-22-21(11-17)28-23(13-20-14-26-15-33-20)29(22)19(6-2)7-3/h8-9,11,14-16,18-19H,5-7,10,12-13H2,1-4H3,(H,27,32)(H,30,31)/t16?,18-/m0/s1. The van der Waals surface area contributed by atoms with Crippen molar-refractivity contribution in [2.45, 2.75) is 78.3 Å². The number of carboxylic acid groups (broad SMARTS) is 1. The molecule has 3 aromatic rings. The minimum atomic E-state index is -0.907. The van der Waals surface area contributed by atoms with E-state index in [4.69, 9.17) is 4.98 Å². The average molecular weight is 471 g/mol. The van der Waals surface area contributed by atoms with Crippen molar-refractivity contribution < 1.29 is 14.7 Å². The largest absolute Gasteiger partial charge is 0.481 e. The van der Waals surface area contributed by atoms with Gasteiger partial charge in [-0.2, -0.15) is 0 Å². The van der Waals surface area contributed by atoms with Crippen molar-refractivity contribution >= 4 is 34.2 Å². The van der Waals surface area contributed by atoms with Gasteiger partial charge in [0, 0.05) is 35.1 Å². The number of benzene rings is 1. The van der Waals surface area contributed by atoms with Crippen LogP contribution in [0, 0.1) is 5.92 Å². The second kappa shape index (κ2) is 11.4. The first-order valence-corrected chi connectivity index (χ1v) is 12.6. The maximum absolute atomic E-state index is 13.0. The van der Waals surface area contributed by atoms with E-state index in [1.54, 1.807) is 11.3 Å². The van der Waals surface area contributed by atoms with Crippen LogP contribution in [0.1, 0.15) is 86.9 Å². The van der Waals surface area contributed by atoms with Crippen molar-refractivity contribution in [3.8, 4) is 0 Å². The molecule has 0 radical (unpaired) electrons. The van der Waals surface area contributed by atoms with Crippen LogP contribution in [0.25, 0.3) is 11.0 Å². The molecule has 0 saturated heterocycles. The Hall–Kier alpha value is -2.74. The van der Waals surface area contributed by atoms with Crippen LogP contribution in [-0.4, -0.2) is 37.6 Å². The highest BCUT2D eigenvalue weighted by molar-refractivity contribution is 7.09. The summed E-state index contributed by atoms with van der Waals surface area (Å²) in [6.07, 6.45) is 6.05. The lowest BCUT2D eigenvalue weighted by Crippen LogP contribution is -2.37. The van der Waals surface area contributed by atoms with E-state index < -0.39 is 12.0 Å². The van der Waals surface area contributed by atoms with E-state index in [-0.39, 0.29) is 12.3 Å². The molecule has 7 nitrogen and oxygen atoms in total. The highest BCUT2D eigenvalue weighted by Gasteiger charge is 2.22. The summed E-state index contributed by atoms with van der Waals surface area (Å²) < 4.78 is 2.30. The molecule has 0 spiro atoms. The minimum Gasteiger partial charge on any atom is -0.481 e. The number of aliphatic carboxylic acids is 1. The summed E-state index contributed by atoms with van der Waals surface area (Å²) in [6, 6.07) is 5.53. The first-order chi connectivity index (χ1) is 15.9. The van der Waals surface area contributed by atoms with Gasteiger partial charge < -0.3 is 15.0 Å². The molecular formula is C25H34N4O3S. The van der Waals surface area contributed by atoms with E-state index in [0.717, 1.165) is 41.0 Å². The third kappa shape index (κ3) is 6.19. The van der Waals surface area contributed by atoms with Gasteiger partial charge in [0.1, 0.15) is 5.82 Å². The summed E-state index contributed by atoms with van der Waals surface area (Å²) in [5, 5.41) is 12.2. The van der Waals surface area contributed by atoms with Gasteiger partial charge in [-0.3, -0.25) is 14.6 Å². The predicted octanol–water partition coefficient (Wildman–Crippen LogP) is 5.45. The molecule has 1 unspecified atom stereocenters. The number of carboxylic acids is 1. The molecule has 33 heavy (non-hydrogen) atoms. The molecule has 1 amide bonds. The zero-order valence-electron chi connectivity index (χ0n) is 19.9. The normalized spacial score (nSPS) is 13.4. The molecule has 0 fully saturated rings. The third-order valence-corrected chi connectivity index (χ3v) is 7.07. The molecule has 0 aliphatic heterocycles. The number of carbonyl (C=O) groups excluding carboxylic acids is 1. The number of hydrogen-bond donors (Lipinski definition) is 2. The number of imidazole rings is 1. The third-order valence-electron chi connectivity index (χ3n) is 6.29. The van der Waals surface area contributed by atoms with Crippen molar-refractivity contribution in [1.82, 2.24) is 19.9 Å². The molecule has 1 aromatic carbocycles. The molecule has 3 rings (SSSR count). The van der Waals surface area contributed by atoms with E-state index in [9.17, 15) is 14.7 Å². The zero-order valence-corrected chi connectivity index (χ0v) is 20.7. The number of carbonyl (C=O) groups is 2. The number of rotatable bonds is 12. The van der Waals surface area contributed by atoms with Crippen LogP contribution in [0.4, 0.5) is 0 Å². The second-order valence-electron chi connectivity index (χ2n) is 8.73. The van der Waals surface area contributed by atoms with Crippen molar-refractivity contribution in [1.29, 1.82) is 0 Å².